The van der Waals surface area contributed by atoms with E-state index in [0.29, 0.717) is 48.3 Å². The van der Waals surface area contributed by atoms with Crippen LogP contribution in [0.15, 0.2) is 41.4 Å². The molecule has 8 heteroatoms. The Labute approximate surface area is 184 Å². The summed E-state index contributed by atoms with van der Waals surface area (Å²) in [6.07, 6.45) is 0.679. The van der Waals surface area contributed by atoms with Crippen molar-refractivity contribution >= 4 is 11.9 Å². The van der Waals surface area contributed by atoms with Crippen molar-refractivity contribution in [3.63, 3.8) is 0 Å². The average molecular weight is 429 g/mol. The van der Waals surface area contributed by atoms with Crippen molar-refractivity contribution in [2.45, 2.75) is 13.0 Å². The van der Waals surface area contributed by atoms with E-state index in [9.17, 15) is 4.79 Å². The number of guanidine groups is 1. The summed E-state index contributed by atoms with van der Waals surface area (Å²) in [5.74, 6) is 2.78. The van der Waals surface area contributed by atoms with Gasteiger partial charge >= 0.3 is 0 Å². The van der Waals surface area contributed by atoms with Gasteiger partial charge in [-0.15, -0.1) is 0 Å². The molecule has 0 spiro atoms. The second-order valence-electron chi connectivity index (χ2n) is 7.01. The van der Waals surface area contributed by atoms with E-state index < -0.39 is 0 Å². The zero-order valence-corrected chi connectivity index (χ0v) is 19.1. The first-order valence-electron chi connectivity index (χ1n) is 9.97. The van der Waals surface area contributed by atoms with Crippen LogP contribution >= 0.6 is 0 Å². The van der Waals surface area contributed by atoms with E-state index in [4.69, 9.17) is 14.2 Å². The Morgan fingerprint density at radius 1 is 0.968 bits per heavy atom. The molecule has 0 atom stereocenters. The summed E-state index contributed by atoms with van der Waals surface area (Å²) in [6.45, 7) is 1.22. The van der Waals surface area contributed by atoms with Crippen LogP contribution in [0.3, 0.4) is 0 Å². The van der Waals surface area contributed by atoms with Crippen molar-refractivity contribution in [2.75, 3.05) is 49.0 Å². The summed E-state index contributed by atoms with van der Waals surface area (Å²) in [5, 5.41) is 6.58. The van der Waals surface area contributed by atoms with Gasteiger partial charge in [-0.1, -0.05) is 12.1 Å². The molecular weight excluding hydrogens is 396 g/mol. The van der Waals surface area contributed by atoms with E-state index in [2.05, 4.69) is 15.6 Å². The molecular formula is C23H32N4O4. The Morgan fingerprint density at radius 2 is 1.58 bits per heavy atom. The molecule has 168 valence electrons. The van der Waals surface area contributed by atoms with Crippen LogP contribution in [0, 0.1) is 0 Å². The van der Waals surface area contributed by atoms with Crippen molar-refractivity contribution in [2.24, 2.45) is 4.99 Å². The summed E-state index contributed by atoms with van der Waals surface area (Å²) in [5.41, 5.74) is 2.67. The highest BCUT2D eigenvalue weighted by atomic mass is 16.5. The lowest BCUT2D eigenvalue weighted by molar-refractivity contribution is 0.0827. The smallest absolute Gasteiger partial charge is 0.253 e. The van der Waals surface area contributed by atoms with Crippen LogP contribution in [-0.4, -0.2) is 65.8 Å². The number of carbonyl (C=O) groups is 1. The van der Waals surface area contributed by atoms with E-state index in [-0.39, 0.29) is 5.91 Å². The van der Waals surface area contributed by atoms with Crippen LogP contribution in [0.2, 0.25) is 0 Å². The Morgan fingerprint density at radius 3 is 2.06 bits per heavy atom. The quantitative estimate of drug-likeness (QED) is 0.471. The van der Waals surface area contributed by atoms with Crippen molar-refractivity contribution in [1.29, 1.82) is 0 Å². The van der Waals surface area contributed by atoms with Crippen LogP contribution in [0.4, 0.5) is 0 Å². The predicted octanol–water partition coefficient (Wildman–Crippen LogP) is 2.32. The third-order valence-electron chi connectivity index (χ3n) is 4.78. The van der Waals surface area contributed by atoms with Crippen molar-refractivity contribution < 1.29 is 19.0 Å². The Balaban J connectivity index is 1.93. The first-order chi connectivity index (χ1) is 14.9. The summed E-state index contributed by atoms with van der Waals surface area (Å²) in [7, 11) is 10.1. The van der Waals surface area contributed by atoms with Gasteiger partial charge in [0.25, 0.3) is 5.91 Å². The highest BCUT2D eigenvalue weighted by molar-refractivity contribution is 5.93. The van der Waals surface area contributed by atoms with Gasteiger partial charge in [-0.2, -0.15) is 0 Å². The van der Waals surface area contributed by atoms with Gasteiger partial charge in [-0.25, -0.2) is 0 Å². The molecule has 0 bridgehead atoms. The number of methoxy groups -OCH3 is 3. The molecule has 0 fully saturated rings. The Hall–Kier alpha value is -3.42. The molecule has 0 heterocycles. The molecule has 0 aromatic heterocycles. The number of hydrogen-bond acceptors (Lipinski definition) is 5. The largest absolute Gasteiger partial charge is 0.496 e. The highest BCUT2D eigenvalue weighted by Crippen LogP contribution is 2.34. The van der Waals surface area contributed by atoms with E-state index in [1.165, 1.54) is 0 Å². The summed E-state index contributed by atoms with van der Waals surface area (Å²) in [4.78, 5) is 17.8. The van der Waals surface area contributed by atoms with Gasteiger partial charge in [0.2, 0.25) is 0 Å². The number of carbonyl (C=O) groups excluding carboxylic acids is 1. The molecule has 2 rings (SSSR count). The van der Waals surface area contributed by atoms with Crippen LogP contribution < -0.4 is 24.8 Å². The lowest BCUT2D eigenvalue weighted by atomic mass is 10.1. The summed E-state index contributed by atoms with van der Waals surface area (Å²) in [6, 6.07) is 11.2. The van der Waals surface area contributed by atoms with E-state index in [1.54, 1.807) is 47.4 Å². The second kappa shape index (κ2) is 11.7. The standard InChI is InChI=1S/C23H32N4O4/c1-24-23(26-15-16-7-9-17(10-8-16)22(28)27(2)3)25-12-11-19-20(30-5)13-18(29-4)14-21(19)31-6/h7-10,13-14H,11-12,15H2,1-6H3,(H2,24,25,26). The van der Waals surface area contributed by atoms with Crippen LogP contribution in [-0.2, 0) is 13.0 Å². The third-order valence-corrected chi connectivity index (χ3v) is 4.78. The van der Waals surface area contributed by atoms with E-state index >= 15 is 0 Å². The zero-order chi connectivity index (χ0) is 22.8. The average Bonchev–Trinajstić information content (AvgIpc) is 2.80. The lowest BCUT2D eigenvalue weighted by Gasteiger charge is -2.16. The minimum Gasteiger partial charge on any atom is -0.496 e. The fourth-order valence-electron chi connectivity index (χ4n) is 3.06. The normalized spacial score (nSPS) is 11.0. The monoisotopic (exact) mass is 428 g/mol. The molecule has 1 amide bonds. The van der Waals surface area contributed by atoms with Gasteiger partial charge in [0.1, 0.15) is 17.2 Å². The fraction of sp³-hybridized carbons (Fsp3) is 0.391. The molecule has 2 aromatic carbocycles. The van der Waals surface area contributed by atoms with Gasteiger partial charge in [-0.3, -0.25) is 9.79 Å². The van der Waals surface area contributed by atoms with Gasteiger partial charge in [-0.05, 0) is 24.1 Å². The number of amides is 1. The molecule has 2 N–H and O–H groups in total. The summed E-state index contributed by atoms with van der Waals surface area (Å²) >= 11 is 0. The molecule has 0 aliphatic carbocycles. The van der Waals surface area contributed by atoms with Crippen molar-refractivity contribution in [1.82, 2.24) is 15.5 Å². The molecule has 0 saturated heterocycles. The number of ether oxygens (including phenoxy) is 3. The van der Waals surface area contributed by atoms with Gasteiger partial charge in [0.05, 0.1) is 21.3 Å². The number of nitrogens with zero attached hydrogens (tertiary/aromatic N) is 2. The van der Waals surface area contributed by atoms with Crippen LogP contribution in [0.5, 0.6) is 17.2 Å². The highest BCUT2D eigenvalue weighted by Gasteiger charge is 2.13. The molecule has 0 aliphatic rings. The maximum atomic E-state index is 12.0. The number of benzene rings is 2. The van der Waals surface area contributed by atoms with Gasteiger partial charge in [0.15, 0.2) is 5.96 Å². The maximum absolute atomic E-state index is 12.0. The van der Waals surface area contributed by atoms with Gasteiger partial charge in [0, 0.05) is 57.5 Å². The van der Waals surface area contributed by atoms with Crippen molar-refractivity contribution in [3.05, 3.63) is 53.1 Å². The minimum atomic E-state index is -0.0126. The SMILES string of the molecule is CN=C(NCCc1c(OC)cc(OC)cc1OC)NCc1ccc(C(=O)N(C)C)cc1. The molecule has 2 aromatic rings. The van der Waals surface area contributed by atoms with Crippen molar-refractivity contribution in [3.8, 4) is 17.2 Å². The second-order valence-corrected chi connectivity index (χ2v) is 7.01. The van der Waals surface area contributed by atoms with Gasteiger partial charge < -0.3 is 29.7 Å². The van der Waals surface area contributed by atoms with E-state index in [1.807, 2.05) is 36.4 Å². The predicted molar refractivity (Wildman–Crippen MR) is 122 cm³/mol. The maximum Gasteiger partial charge on any atom is 0.253 e. The molecule has 0 unspecified atom stereocenters. The molecule has 0 radical (unpaired) electrons. The topological polar surface area (TPSA) is 84.4 Å². The molecule has 0 saturated carbocycles. The minimum absolute atomic E-state index is 0.0126. The first kappa shape index (κ1) is 23.9. The number of hydrogen-bond donors (Lipinski definition) is 2. The zero-order valence-electron chi connectivity index (χ0n) is 19.1. The lowest BCUT2D eigenvalue weighted by Crippen LogP contribution is -2.37. The molecule has 0 aliphatic heterocycles. The Bertz CT molecular complexity index is 870. The van der Waals surface area contributed by atoms with Crippen LogP contribution in [0.1, 0.15) is 21.5 Å². The molecule has 8 nitrogen and oxygen atoms in total. The number of nitrogens with one attached hydrogen (secondary N) is 2. The summed E-state index contributed by atoms with van der Waals surface area (Å²) < 4.78 is 16.3. The first-order valence-corrected chi connectivity index (χ1v) is 9.97. The fourth-order valence-corrected chi connectivity index (χ4v) is 3.06. The number of aliphatic imine (C=N–C) groups is 1. The van der Waals surface area contributed by atoms with Crippen LogP contribution in [0.25, 0.3) is 0 Å². The number of rotatable bonds is 9. The molecule has 31 heavy (non-hydrogen) atoms. The van der Waals surface area contributed by atoms with E-state index in [0.717, 1.165) is 11.1 Å². The Kier molecular flexibility index (Phi) is 8.99. The third kappa shape index (κ3) is 6.53.